The monoisotopic (exact) mass is 446 g/mol. The topological polar surface area (TPSA) is 87.2 Å². The van der Waals surface area contributed by atoms with Crippen LogP contribution in [-0.2, 0) is 4.79 Å². The normalized spacial score (nSPS) is 14.0. The molecule has 1 saturated heterocycles. The third-order valence-corrected chi connectivity index (χ3v) is 5.97. The van der Waals surface area contributed by atoms with E-state index in [0.29, 0.717) is 35.8 Å². The van der Waals surface area contributed by atoms with Crippen LogP contribution < -0.4 is 9.64 Å². The van der Waals surface area contributed by atoms with Gasteiger partial charge in [0.2, 0.25) is 5.91 Å². The Morgan fingerprint density at radius 1 is 1.09 bits per heavy atom. The molecule has 0 radical (unpaired) electrons. The molecule has 4 heterocycles. The van der Waals surface area contributed by atoms with Gasteiger partial charge in [-0.15, -0.1) is 0 Å². The molecule has 3 aromatic heterocycles. The Bertz CT molecular complexity index is 1310. The second-order valence-corrected chi connectivity index (χ2v) is 7.90. The number of aromatic nitrogens is 4. The largest absolute Gasteiger partial charge is 0.496 e. The molecule has 33 heavy (non-hydrogen) atoms. The molecular formula is C24H23FN6O2. The molecule has 0 unspecified atom stereocenters. The predicted molar refractivity (Wildman–Crippen MR) is 124 cm³/mol. The number of amides is 1. The fourth-order valence-electron chi connectivity index (χ4n) is 4.16. The highest BCUT2D eigenvalue weighted by molar-refractivity contribution is 5.94. The quantitative estimate of drug-likeness (QED) is 0.516. The van der Waals surface area contributed by atoms with Gasteiger partial charge in [-0.2, -0.15) is 5.10 Å². The van der Waals surface area contributed by atoms with Gasteiger partial charge in [0.05, 0.1) is 30.1 Å². The van der Waals surface area contributed by atoms with Crippen molar-refractivity contribution in [3.8, 4) is 28.3 Å². The van der Waals surface area contributed by atoms with Gasteiger partial charge in [-0.1, -0.05) is 6.07 Å². The number of carbonyl (C=O) groups is 1. The van der Waals surface area contributed by atoms with Crippen LogP contribution in [0.1, 0.15) is 6.92 Å². The first kappa shape index (κ1) is 20.9. The summed E-state index contributed by atoms with van der Waals surface area (Å²) in [5.41, 5.74) is 3.07. The van der Waals surface area contributed by atoms with Crippen molar-refractivity contribution in [2.24, 2.45) is 0 Å². The Hall–Kier alpha value is -4.01. The number of H-pyrrole nitrogens is 1. The zero-order valence-electron chi connectivity index (χ0n) is 18.4. The number of fused-ring (bicyclic) bond motifs is 1. The molecule has 1 fully saturated rings. The number of halogens is 1. The van der Waals surface area contributed by atoms with Crippen LogP contribution in [0.2, 0.25) is 0 Å². The first-order valence-electron chi connectivity index (χ1n) is 10.7. The highest BCUT2D eigenvalue weighted by atomic mass is 19.1. The molecule has 0 atom stereocenters. The van der Waals surface area contributed by atoms with E-state index in [-0.39, 0.29) is 5.91 Å². The van der Waals surface area contributed by atoms with E-state index in [4.69, 9.17) is 4.74 Å². The number of hydrogen-bond acceptors (Lipinski definition) is 6. The van der Waals surface area contributed by atoms with E-state index in [0.717, 1.165) is 35.4 Å². The predicted octanol–water partition coefficient (Wildman–Crippen LogP) is 3.50. The maximum atomic E-state index is 14.6. The molecule has 0 bridgehead atoms. The SMILES string of the molecule is COc1cccc(F)c1-c1cc2c(-c3ccc(N4CCN(C(C)=O)CC4)nc3)n[nH]c2cn1. The average Bonchev–Trinajstić information content (AvgIpc) is 3.27. The number of benzene rings is 1. The lowest BCUT2D eigenvalue weighted by molar-refractivity contribution is -0.129. The molecule has 1 amide bonds. The summed E-state index contributed by atoms with van der Waals surface area (Å²) in [4.78, 5) is 24.6. The lowest BCUT2D eigenvalue weighted by Crippen LogP contribution is -2.48. The molecule has 0 saturated carbocycles. The minimum absolute atomic E-state index is 0.102. The fraction of sp³-hybridized carbons (Fsp3) is 0.250. The smallest absolute Gasteiger partial charge is 0.219 e. The van der Waals surface area contributed by atoms with Gasteiger partial charge in [0.25, 0.3) is 0 Å². The summed E-state index contributed by atoms with van der Waals surface area (Å²) in [6.45, 7) is 4.48. The second kappa shape index (κ2) is 8.50. The average molecular weight is 446 g/mol. The number of rotatable bonds is 4. The minimum atomic E-state index is -0.401. The summed E-state index contributed by atoms with van der Waals surface area (Å²) in [5.74, 6) is 0.982. The van der Waals surface area contributed by atoms with Crippen LogP contribution in [0.15, 0.2) is 48.8 Å². The zero-order valence-corrected chi connectivity index (χ0v) is 18.4. The summed E-state index contributed by atoms with van der Waals surface area (Å²) < 4.78 is 19.9. The Morgan fingerprint density at radius 2 is 1.91 bits per heavy atom. The van der Waals surface area contributed by atoms with Crippen molar-refractivity contribution in [2.45, 2.75) is 6.92 Å². The number of ether oxygens (including phenoxy) is 1. The summed E-state index contributed by atoms with van der Waals surface area (Å²) in [5, 5.41) is 8.25. The van der Waals surface area contributed by atoms with Crippen LogP contribution in [-0.4, -0.2) is 64.3 Å². The van der Waals surface area contributed by atoms with Gasteiger partial charge >= 0.3 is 0 Å². The van der Waals surface area contributed by atoms with Crippen molar-refractivity contribution in [1.29, 1.82) is 0 Å². The second-order valence-electron chi connectivity index (χ2n) is 7.90. The molecule has 1 N–H and O–H groups in total. The molecule has 4 aromatic rings. The number of nitrogens with one attached hydrogen (secondary N) is 1. The van der Waals surface area contributed by atoms with Crippen LogP contribution in [0.5, 0.6) is 5.75 Å². The third kappa shape index (κ3) is 3.86. The van der Waals surface area contributed by atoms with Gasteiger partial charge in [0.15, 0.2) is 0 Å². The number of carbonyl (C=O) groups excluding carboxylic acids is 1. The van der Waals surface area contributed by atoms with Crippen LogP contribution in [0.4, 0.5) is 10.2 Å². The summed E-state index contributed by atoms with van der Waals surface area (Å²) >= 11 is 0. The van der Waals surface area contributed by atoms with Gasteiger partial charge < -0.3 is 14.5 Å². The van der Waals surface area contributed by atoms with Crippen molar-refractivity contribution in [3.05, 3.63) is 54.6 Å². The summed E-state index contributed by atoms with van der Waals surface area (Å²) in [7, 11) is 1.51. The van der Waals surface area contributed by atoms with E-state index in [1.54, 1.807) is 31.5 Å². The molecule has 8 nitrogen and oxygen atoms in total. The van der Waals surface area contributed by atoms with E-state index < -0.39 is 5.82 Å². The number of methoxy groups -OCH3 is 1. The van der Waals surface area contributed by atoms with Crippen molar-refractivity contribution < 1.29 is 13.9 Å². The molecule has 1 aliphatic rings. The first-order chi connectivity index (χ1) is 16.0. The number of piperazine rings is 1. The maximum Gasteiger partial charge on any atom is 0.219 e. The zero-order chi connectivity index (χ0) is 22.9. The highest BCUT2D eigenvalue weighted by Gasteiger charge is 2.20. The maximum absolute atomic E-state index is 14.6. The van der Waals surface area contributed by atoms with E-state index in [1.165, 1.54) is 13.2 Å². The molecule has 9 heteroatoms. The highest BCUT2D eigenvalue weighted by Crippen LogP contribution is 2.34. The van der Waals surface area contributed by atoms with E-state index in [1.807, 2.05) is 23.1 Å². The van der Waals surface area contributed by atoms with Gasteiger partial charge in [0, 0.05) is 50.2 Å². The fourth-order valence-corrected chi connectivity index (χ4v) is 4.16. The molecule has 168 valence electrons. The summed E-state index contributed by atoms with van der Waals surface area (Å²) in [6.07, 6.45) is 3.43. The van der Waals surface area contributed by atoms with Crippen LogP contribution in [0.25, 0.3) is 33.4 Å². The molecular weight excluding hydrogens is 423 g/mol. The van der Waals surface area contributed by atoms with Crippen LogP contribution >= 0.6 is 0 Å². The molecule has 0 aliphatic carbocycles. The minimum Gasteiger partial charge on any atom is -0.496 e. The van der Waals surface area contributed by atoms with Crippen LogP contribution in [0.3, 0.4) is 0 Å². The van der Waals surface area contributed by atoms with E-state index >= 15 is 0 Å². The van der Waals surface area contributed by atoms with E-state index in [9.17, 15) is 9.18 Å². The van der Waals surface area contributed by atoms with Gasteiger partial charge in [-0.25, -0.2) is 9.37 Å². The number of hydrogen-bond donors (Lipinski definition) is 1. The lowest BCUT2D eigenvalue weighted by atomic mass is 10.1. The van der Waals surface area contributed by atoms with Crippen LogP contribution in [0, 0.1) is 5.82 Å². The van der Waals surface area contributed by atoms with Gasteiger partial charge in [-0.3, -0.25) is 14.9 Å². The van der Waals surface area contributed by atoms with E-state index in [2.05, 4.69) is 25.1 Å². The Balaban J connectivity index is 1.45. The van der Waals surface area contributed by atoms with Crippen molar-refractivity contribution in [2.75, 3.05) is 38.2 Å². The van der Waals surface area contributed by atoms with Crippen molar-refractivity contribution in [3.63, 3.8) is 0 Å². The Labute approximate surface area is 190 Å². The molecule has 5 rings (SSSR count). The first-order valence-corrected chi connectivity index (χ1v) is 10.7. The summed E-state index contributed by atoms with van der Waals surface area (Å²) in [6, 6.07) is 10.4. The number of pyridine rings is 2. The number of anilines is 1. The van der Waals surface area contributed by atoms with Crippen molar-refractivity contribution >= 4 is 22.6 Å². The van der Waals surface area contributed by atoms with Gasteiger partial charge in [0.1, 0.15) is 23.1 Å². The van der Waals surface area contributed by atoms with Crippen molar-refractivity contribution in [1.82, 2.24) is 25.1 Å². The standard InChI is InChI=1S/C24H23FN6O2/c1-15(32)30-8-10-31(11-9-30)22-7-6-16(13-27-22)24-17-12-19(26-14-20(17)28-29-24)23-18(25)4-3-5-21(23)33-2/h3-7,12-14H,8-11H2,1-2H3,(H,28,29). The third-order valence-electron chi connectivity index (χ3n) is 5.97. The molecule has 1 aliphatic heterocycles. The Morgan fingerprint density at radius 3 is 2.61 bits per heavy atom. The van der Waals surface area contributed by atoms with Gasteiger partial charge in [-0.05, 0) is 30.3 Å². The number of aromatic amines is 1. The number of nitrogens with zero attached hydrogens (tertiary/aromatic N) is 5. The Kier molecular flexibility index (Phi) is 5.37. The lowest BCUT2D eigenvalue weighted by Gasteiger charge is -2.34. The molecule has 1 aromatic carbocycles. The molecule has 0 spiro atoms.